The molecule has 172 valence electrons. The van der Waals surface area contributed by atoms with Crippen LogP contribution >= 0.6 is 0 Å². The zero-order valence-electron chi connectivity index (χ0n) is 17.1. The molecule has 2 saturated heterocycles. The largest absolute Gasteiger partial charge is 0.441 e. The monoisotopic (exact) mass is 455 g/mol. The summed E-state index contributed by atoms with van der Waals surface area (Å²) in [6.45, 7) is 3.43. The Balaban J connectivity index is 1.34. The number of fused-ring (bicyclic) bond motifs is 1. The molecule has 2 fully saturated rings. The Morgan fingerprint density at radius 3 is 2.59 bits per heavy atom. The number of ether oxygens (including phenoxy) is 3. The molecule has 2 aromatic rings. The van der Waals surface area contributed by atoms with E-state index in [1.807, 2.05) is 0 Å². The van der Waals surface area contributed by atoms with Gasteiger partial charge in [0.05, 0.1) is 30.5 Å². The molecule has 2 aliphatic heterocycles. The molecule has 2 N–H and O–H groups in total. The molecular formula is C20H20F3N3O6. The van der Waals surface area contributed by atoms with Crippen LogP contribution in [0.15, 0.2) is 28.8 Å². The SMILES string of the molecule is Cc1noc(C)c1C(=O)N[C@H]1CO[C@H]2[C@@H]1OC[C@H]2OC(=O)Nc1cccc(C(F)(F)F)c1. The van der Waals surface area contributed by atoms with Gasteiger partial charge in [-0.1, -0.05) is 11.2 Å². The van der Waals surface area contributed by atoms with E-state index in [1.54, 1.807) is 13.8 Å². The predicted octanol–water partition coefficient (Wildman–Crippen LogP) is 2.82. The smallest absolute Gasteiger partial charge is 0.416 e. The third kappa shape index (κ3) is 4.41. The van der Waals surface area contributed by atoms with E-state index in [0.717, 1.165) is 12.1 Å². The van der Waals surface area contributed by atoms with Gasteiger partial charge in [-0.05, 0) is 32.0 Å². The van der Waals surface area contributed by atoms with Crippen molar-refractivity contribution in [1.29, 1.82) is 0 Å². The third-order valence-corrected chi connectivity index (χ3v) is 5.28. The van der Waals surface area contributed by atoms with Gasteiger partial charge in [0, 0.05) is 5.69 Å². The van der Waals surface area contributed by atoms with Crippen LogP contribution in [-0.4, -0.2) is 54.7 Å². The molecule has 0 spiro atoms. The van der Waals surface area contributed by atoms with Crippen LogP contribution in [0, 0.1) is 13.8 Å². The van der Waals surface area contributed by atoms with Gasteiger partial charge in [-0.2, -0.15) is 13.2 Å². The van der Waals surface area contributed by atoms with Crippen LogP contribution in [-0.2, 0) is 20.4 Å². The van der Waals surface area contributed by atoms with Crippen molar-refractivity contribution in [1.82, 2.24) is 10.5 Å². The van der Waals surface area contributed by atoms with Gasteiger partial charge in [0.15, 0.2) is 6.10 Å². The number of nitrogens with one attached hydrogen (secondary N) is 2. The number of carbonyl (C=O) groups excluding carboxylic acids is 2. The Morgan fingerprint density at radius 2 is 1.91 bits per heavy atom. The average Bonchev–Trinajstić information content (AvgIpc) is 3.39. The topological polar surface area (TPSA) is 112 Å². The molecule has 2 aliphatic rings. The van der Waals surface area contributed by atoms with Crippen molar-refractivity contribution in [2.45, 2.75) is 44.4 Å². The average molecular weight is 455 g/mol. The van der Waals surface area contributed by atoms with Crippen LogP contribution in [0.4, 0.5) is 23.7 Å². The van der Waals surface area contributed by atoms with Gasteiger partial charge in [0.1, 0.15) is 23.5 Å². The highest BCUT2D eigenvalue weighted by atomic mass is 19.4. The number of aryl methyl sites for hydroxylation is 2. The number of carbonyl (C=O) groups is 2. The van der Waals surface area contributed by atoms with Gasteiger partial charge >= 0.3 is 12.3 Å². The van der Waals surface area contributed by atoms with E-state index in [0.29, 0.717) is 17.0 Å². The van der Waals surface area contributed by atoms with E-state index in [9.17, 15) is 22.8 Å². The van der Waals surface area contributed by atoms with Gasteiger partial charge in [-0.25, -0.2) is 4.79 Å². The molecule has 9 nitrogen and oxygen atoms in total. The van der Waals surface area contributed by atoms with Crippen LogP contribution in [0.3, 0.4) is 0 Å². The van der Waals surface area contributed by atoms with Crippen molar-refractivity contribution in [2.75, 3.05) is 18.5 Å². The normalized spacial score (nSPS) is 24.8. The van der Waals surface area contributed by atoms with Crippen molar-refractivity contribution in [3.05, 3.63) is 46.8 Å². The molecule has 0 unspecified atom stereocenters. The summed E-state index contributed by atoms with van der Waals surface area (Å²) in [4.78, 5) is 24.7. The fourth-order valence-electron chi connectivity index (χ4n) is 3.79. The summed E-state index contributed by atoms with van der Waals surface area (Å²) in [5, 5.41) is 8.84. The molecule has 32 heavy (non-hydrogen) atoms. The van der Waals surface area contributed by atoms with Gasteiger partial charge in [0.25, 0.3) is 5.91 Å². The molecule has 0 radical (unpaired) electrons. The first-order valence-electron chi connectivity index (χ1n) is 9.75. The molecule has 2 amide bonds. The Bertz CT molecular complexity index is 1000. The molecule has 12 heteroatoms. The quantitative estimate of drug-likeness (QED) is 0.729. The second-order valence-corrected chi connectivity index (χ2v) is 7.52. The second-order valence-electron chi connectivity index (χ2n) is 7.52. The van der Waals surface area contributed by atoms with E-state index in [4.69, 9.17) is 18.7 Å². The molecule has 3 heterocycles. The predicted molar refractivity (Wildman–Crippen MR) is 102 cm³/mol. The minimum Gasteiger partial charge on any atom is -0.441 e. The highest BCUT2D eigenvalue weighted by molar-refractivity contribution is 5.96. The number of benzene rings is 1. The summed E-state index contributed by atoms with van der Waals surface area (Å²) in [5.74, 6) is 0.000960. The molecule has 1 aromatic heterocycles. The number of alkyl halides is 3. The molecule has 1 aromatic carbocycles. The summed E-state index contributed by atoms with van der Waals surface area (Å²) < 4.78 is 60.1. The van der Waals surface area contributed by atoms with Gasteiger partial charge in [0.2, 0.25) is 0 Å². The lowest BCUT2D eigenvalue weighted by atomic mass is 10.1. The zero-order valence-corrected chi connectivity index (χ0v) is 17.1. The van der Waals surface area contributed by atoms with E-state index < -0.39 is 42.2 Å². The molecule has 4 atom stereocenters. The van der Waals surface area contributed by atoms with E-state index in [2.05, 4.69) is 15.8 Å². The van der Waals surface area contributed by atoms with Crippen molar-refractivity contribution in [3.8, 4) is 0 Å². The standard InChI is InChI=1S/C20H20F3N3O6/c1-9-15(10(2)32-26-9)18(27)25-13-7-29-17-14(8-30-16(13)17)31-19(28)24-12-5-3-4-11(6-12)20(21,22)23/h3-6,13-14,16-17H,7-8H2,1-2H3,(H,24,28)(H,25,27)/t13-,14+,16+,17+/m0/s1. The lowest BCUT2D eigenvalue weighted by Crippen LogP contribution is -2.44. The van der Waals surface area contributed by atoms with Crippen molar-refractivity contribution < 1.29 is 41.5 Å². The molecule has 0 aliphatic carbocycles. The van der Waals surface area contributed by atoms with Gasteiger partial charge < -0.3 is 24.1 Å². The Morgan fingerprint density at radius 1 is 1.16 bits per heavy atom. The summed E-state index contributed by atoms with van der Waals surface area (Å²) >= 11 is 0. The second kappa shape index (κ2) is 8.43. The number of rotatable bonds is 4. The van der Waals surface area contributed by atoms with Crippen LogP contribution in [0.2, 0.25) is 0 Å². The maximum atomic E-state index is 12.8. The Labute approximate surface area is 180 Å². The zero-order chi connectivity index (χ0) is 23.0. The van der Waals surface area contributed by atoms with E-state index in [1.165, 1.54) is 12.1 Å². The van der Waals surface area contributed by atoms with Crippen molar-refractivity contribution in [3.63, 3.8) is 0 Å². The van der Waals surface area contributed by atoms with Crippen molar-refractivity contribution in [2.24, 2.45) is 0 Å². The van der Waals surface area contributed by atoms with E-state index in [-0.39, 0.29) is 24.8 Å². The number of aromatic nitrogens is 1. The van der Waals surface area contributed by atoms with Crippen LogP contribution < -0.4 is 10.6 Å². The molecule has 4 rings (SSSR count). The minimum atomic E-state index is -4.53. The summed E-state index contributed by atoms with van der Waals surface area (Å²) in [5.41, 5.74) is -0.164. The van der Waals surface area contributed by atoms with Crippen LogP contribution in [0.1, 0.15) is 27.4 Å². The Kier molecular flexibility index (Phi) is 5.82. The molecule has 0 bridgehead atoms. The third-order valence-electron chi connectivity index (χ3n) is 5.28. The number of nitrogens with zero attached hydrogens (tertiary/aromatic N) is 1. The number of hydrogen-bond acceptors (Lipinski definition) is 7. The van der Waals surface area contributed by atoms with Crippen molar-refractivity contribution >= 4 is 17.7 Å². The maximum absolute atomic E-state index is 12.8. The van der Waals surface area contributed by atoms with Gasteiger partial charge in [-0.3, -0.25) is 10.1 Å². The van der Waals surface area contributed by atoms with E-state index >= 15 is 0 Å². The summed E-state index contributed by atoms with van der Waals surface area (Å²) in [6, 6.07) is 3.72. The lowest BCUT2D eigenvalue weighted by Gasteiger charge is -2.18. The Hall–Kier alpha value is -3.12. The fraction of sp³-hybridized carbons (Fsp3) is 0.450. The number of halogens is 3. The maximum Gasteiger partial charge on any atom is 0.416 e. The van der Waals surface area contributed by atoms with Crippen LogP contribution in [0.25, 0.3) is 0 Å². The number of amides is 2. The number of hydrogen-bond donors (Lipinski definition) is 2. The van der Waals surface area contributed by atoms with Crippen LogP contribution in [0.5, 0.6) is 0 Å². The summed E-state index contributed by atoms with van der Waals surface area (Å²) in [7, 11) is 0. The molecular weight excluding hydrogens is 435 g/mol. The first kappa shape index (κ1) is 22.1. The first-order valence-corrected chi connectivity index (χ1v) is 9.75. The minimum absolute atomic E-state index is 0.0169. The first-order chi connectivity index (χ1) is 15.1. The highest BCUT2D eigenvalue weighted by Crippen LogP contribution is 2.32. The lowest BCUT2D eigenvalue weighted by molar-refractivity contribution is -0.137. The fourth-order valence-corrected chi connectivity index (χ4v) is 3.79. The number of anilines is 1. The molecule has 0 saturated carbocycles. The summed E-state index contributed by atoms with van der Waals surface area (Å²) in [6.07, 6.45) is -7.44. The highest BCUT2D eigenvalue weighted by Gasteiger charge is 2.50. The van der Waals surface area contributed by atoms with Gasteiger partial charge in [-0.15, -0.1) is 0 Å².